The zero-order valence-corrected chi connectivity index (χ0v) is 19.1. The van der Waals surface area contributed by atoms with Gasteiger partial charge in [-0.1, -0.05) is 0 Å². The predicted molar refractivity (Wildman–Crippen MR) is 121 cm³/mol. The number of benzene rings is 2. The molecule has 0 N–H and O–H groups in total. The van der Waals surface area contributed by atoms with Gasteiger partial charge in [0.2, 0.25) is 15.8 Å². The van der Waals surface area contributed by atoms with Gasteiger partial charge in [0.1, 0.15) is 0 Å². The molecule has 4 rings (SSSR count). The molecule has 1 aromatic heterocycles. The molecule has 166 valence electrons. The van der Waals surface area contributed by atoms with Gasteiger partial charge >= 0.3 is 0 Å². The van der Waals surface area contributed by atoms with Gasteiger partial charge in [-0.05, 0) is 75.4 Å². The Labute approximate surface area is 187 Å². The third kappa shape index (κ3) is 3.93. The second-order valence-electron chi connectivity index (χ2n) is 8.22. The fraction of sp³-hybridized carbons (Fsp3) is 0.348. The van der Waals surface area contributed by atoms with Crippen molar-refractivity contribution in [3.05, 3.63) is 59.4 Å². The molecule has 3 aromatic rings. The second-order valence-corrected chi connectivity index (χ2v) is 10.2. The molecule has 0 unspecified atom stereocenters. The lowest BCUT2D eigenvalue weighted by Crippen LogP contribution is -2.44. The van der Waals surface area contributed by atoms with Gasteiger partial charge in [-0.15, -0.1) is 0 Å². The smallest absolute Gasteiger partial charge is 0.243 e. The predicted octanol–water partition coefficient (Wildman–Crippen LogP) is 2.39. The Balaban J connectivity index is 1.66. The molecule has 0 atom stereocenters. The zero-order chi connectivity index (χ0) is 23.0. The number of aromatic nitrogens is 2. The standard InChI is InChI=1S/C23H25N5O3S/c1-26-12-10-18(11-13-26)28(3)32(30,31)19-8-9-21-20(14-19)25-23(27(21)2)22(29)17-6-4-16(15-24)5-7-17/h4-9,14,18H,10-13H2,1-3H3. The van der Waals surface area contributed by atoms with E-state index in [4.69, 9.17) is 5.26 Å². The summed E-state index contributed by atoms with van der Waals surface area (Å²) < 4.78 is 29.6. The van der Waals surface area contributed by atoms with Crippen molar-refractivity contribution in [1.29, 1.82) is 5.26 Å². The lowest BCUT2D eigenvalue weighted by molar-refractivity contribution is 0.102. The van der Waals surface area contributed by atoms with Crippen molar-refractivity contribution in [3.63, 3.8) is 0 Å². The van der Waals surface area contributed by atoms with Crippen LogP contribution in [0, 0.1) is 11.3 Å². The number of ketones is 1. The highest BCUT2D eigenvalue weighted by Gasteiger charge is 2.30. The van der Waals surface area contributed by atoms with Crippen LogP contribution in [0.2, 0.25) is 0 Å². The number of imidazole rings is 1. The first-order valence-electron chi connectivity index (χ1n) is 10.4. The molecule has 1 aliphatic rings. The molecule has 0 spiro atoms. The Morgan fingerprint density at radius 2 is 1.78 bits per heavy atom. The molecular formula is C23H25N5O3S. The number of carbonyl (C=O) groups is 1. The average Bonchev–Trinajstić information content (AvgIpc) is 3.14. The number of carbonyl (C=O) groups excluding carboxylic acids is 1. The van der Waals surface area contributed by atoms with Gasteiger partial charge in [0.25, 0.3) is 0 Å². The highest BCUT2D eigenvalue weighted by molar-refractivity contribution is 7.89. The minimum atomic E-state index is -3.68. The molecule has 2 aromatic carbocycles. The lowest BCUT2D eigenvalue weighted by Gasteiger charge is -2.34. The van der Waals surface area contributed by atoms with Crippen LogP contribution in [0.4, 0.5) is 0 Å². The molecule has 0 amide bonds. The summed E-state index contributed by atoms with van der Waals surface area (Å²) in [4.78, 5) is 19.8. The molecule has 0 radical (unpaired) electrons. The van der Waals surface area contributed by atoms with Gasteiger partial charge in [0.15, 0.2) is 5.82 Å². The summed E-state index contributed by atoms with van der Waals surface area (Å²) in [6, 6.07) is 13.1. The largest absolute Gasteiger partial charge is 0.324 e. The topological polar surface area (TPSA) is 99.3 Å². The summed E-state index contributed by atoms with van der Waals surface area (Å²) in [6.45, 7) is 1.73. The van der Waals surface area contributed by atoms with E-state index in [1.54, 1.807) is 55.1 Å². The summed E-state index contributed by atoms with van der Waals surface area (Å²) in [5.74, 6) is -0.0797. The normalized spacial score (nSPS) is 15.8. The van der Waals surface area contributed by atoms with E-state index in [0.29, 0.717) is 22.2 Å². The quantitative estimate of drug-likeness (QED) is 0.553. The monoisotopic (exact) mass is 451 g/mol. The fourth-order valence-corrected chi connectivity index (χ4v) is 5.53. The molecule has 9 heteroatoms. The average molecular weight is 452 g/mol. The Kier molecular flexibility index (Phi) is 5.86. The van der Waals surface area contributed by atoms with Crippen LogP contribution in [0.1, 0.15) is 34.6 Å². The van der Waals surface area contributed by atoms with Crippen LogP contribution in [0.5, 0.6) is 0 Å². The summed E-state index contributed by atoms with van der Waals surface area (Å²) in [5.41, 5.74) is 2.00. The third-order valence-corrected chi connectivity index (χ3v) is 8.12. The van der Waals surface area contributed by atoms with Gasteiger partial charge in [-0.2, -0.15) is 9.57 Å². The van der Waals surface area contributed by atoms with Crippen molar-refractivity contribution in [1.82, 2.24) is 18.8 Å². The first-order chi connectivity index (χ1) is 15.2. The van der Waals surface area contributed by atoms with E-state index in [1.807, 2.05) is 13.1 Å². The second kappa shape index (κ2) is 8.47. The van der Waals surface area contributed by atoms with Gasteiger partial charge in [-0.25, -0.2) is 13.4 Å². The van der Waals surface area contributed by atoms with Gasteiger partial charge in [0, 0.05) is 25.7 Å². The van der Waals surface area contributed by atoms with Crippen LogP contribution in [-0.2, 0) is 17.1 Å². The molecular weight excluding hydrogens is 426 g/mol. The Hall–Kier alpha value is -3.06. The van der Waals surface area contributed by atoms with Crippen LogP contribution >= 0.6 is 0 Å². The van der Waals surface area contributed by atoms with E-state index in [2.05, 4.69) is 9.88 Å². The van der Waals surface area contributed by atoms with E-state index in [1.165, 1.54) is 10.4 Å². The molecule has 1 fully saturated rings. The highest BCUT2D eigenvalue weighted by Crippen LogP contribution is 2.26. The van der Waals surface area contributed by atoms with Crippen molar-refractivity contribution in [2.45, 2.75) is 23.8 Å². The van der Waals surface area contributed by atoms with Gasteiger partial charge in [-0.3, -0.25) is 4.79 Å². The van der Waals surface area contributed by atoms with Gasteiger partial charge in [0.05, 0.1) is 27.6 Å². The number of hydrogen-bond acceptors (Lipinski definition) is 6. The van der Waals surface area contributed by atoms with Gasteiger partial charge < -0.3 is 9.47 Å². The van der Waals surface area contributed by atoms with Crippen molar-refractivity contribution < 1.29 is 13.2 Å². The van der Waals surface area contributed by atoms with Crippen molar-refractivity contribution >= 4 is 26.8 Å². The van der Waals surface area contributed by atoms with E-state index in [-0.39, 0.29) is 22.5 Å². The number of sulfonamides is 1. The number of nitrogens with zero attached hydrogens (tertiary/aromatic N) is 5. The van der Waals surface area contributed by atoms with Crippen LogP contribution < -0.4 is 0 Å². The van der Waals surface area contributed by atoms with E-state index >= 15 is 0 Å². The van der Waals surface area contributed by atoms with Crippen molar-refractivity contribution in [2.24, 2.45) is 7.05 Å². The molecule has 0 bridgehead atoms. The summed E-state index contributed by atoms with van der Waals surface area (Å²) in [5, 5.41) is 8.94. The summed E-state index contributed by atoms with van der Waals surface area (Å²) in [7, 11) is 1.72. The molecule has 32 heavy (non-hydrogen) atoms. The molecule has 0 aliphatic carbocycles. The van der Waals surface area contributed by atoms with Crippen LogP contribution in [0.15, 0.2) is 47.4 Å². The molecule has 1 saturated heterocycles. The molecule has 2 heterocycles. The first-order valence-corrected chi connectivity index (χ1v) is 11.8. The Morgan fingerprint density at radius 1 is 1.12 bits per heavy atom. The third-order valence-electron chi connectivity index (χ3n) is 6.21. The summed E-state index contributed by atoms with van der Waals surface area (Å²) >= 11 is 0. The summed E-state index contributed by atoms with van der Waals surface area (Å²) in [6.07, 6.45) is 1.59. The first kappa shape index (κ1) is 22.1. The number of piperidine rings is 1. The maximum atomic E-state index is 13.2. The van der Waals surface area contributed by atoms with Crippen LogP contribution in [-0.4, -0.2) is 66.2 Å². The number of hydrogen-bond donors (Lipinski definition) is 0. The molecule has 8 nitrogen and oxygen atoms in total. The van der Waals surface area contributed by atoms with E-state index in [0.717, 1.165) is 25.9 Å². The SMILES string of the molecule is CN1CCC(N(C)S(=O)(=O)c2ccc3c(c2)nc(C(=O)c2ccc(C#N)cc2)n3C)CC1. The number of fused-ring (bicyclic) bond motifs is 1. The van der Waals surface area contributed by atoms with E-state index in [9.17, 15) is 13.2 Å². The highest BCUT2D eigenvalue weighted by atomic mass is 32.2. The Bertz CT molecular complexity index is 1310. The van der Waals surface area contributed by atoms with Crippen molar-refractivity contribution in [2.75, 3.05) is 27.2 Å². The van der Waals surface area contributed by atoms with Crippen LogP contribution in [0.3, 0.4) is 0 Å². The minimum absolute atomic E-state index is 0.0378. The Morgan fingerprint density at radius 3 is 2.41 bits per heavy atom. The number of nitriles is 1. The van der Waals surface area contributed by atoms with Crippen LogP contribution in [0.25, 0.3) is 11.0 Å². The molecule has 0 saturated carbocycles. The fourth-order valence-electron chi connectivity index (χ4n) is 4.09. The zero-order valence-electron chi connectivity index (χ0n) is 18.3. The molecule has 1 aliphatic heterocycles. The lowest BCUT2D eigenvalue weighted by atomic mass is 10.1. The number of rotatable bonds is 5. The maximum absolute atomic E-state index is 13.2. The minimum Gasteiger partial charge on any atom is -0.324 e. The van der Waals surface area contributed by atoms with Crippen molar-refractivity contribution in [3.8, 4) is 6.07 Å². The number of aryl methyl sites for hydroxylation is 1. The number of likely N-dealkylation sites (tertiary alicyclic amines) is 1. The van der Waals surface area contributed by atoms with E-state index < -0.39 is 10.0 Å². The maximum Gasteiger partial charge on any atom is 0.243 e.